The number of hydrogen-bond acceptors (Lipinski definition) is 8. The van der Waals surface area contributed by atoms with Gasteiger partial charge in [0.1, 0.15) is 11.5 Å². The van der Waals surface area contributed by atoms with Crippen LogP contribution in [0.2, 0.25) is 0 Å². The monoisotopic (exact) mass is 654 g/mol. The number of rotatable bonds is 19. The molecule has 0 saturated carbocycles. The van der Waals surface area contributed by atoms with Gasteiger partial charge in [-0.05, 0) is 97.2 Å². The van der Waals surface area contributed by atoms with Gasteiger partial charge in [0.15, 0.2) is 0 Å². The Bertz CT molecular complexity index is 1410. The molecule has 0 aliphatic heterocycles. The fourth-order valence-electron chi connectivity index (χ4n) is 4.91. The van der Waals surface area contributed by atoms with Gasteiger partial charge in [-0.1, -0.05) is 72.8 Å². The lowest BCUT2D eigenvalue weighted by atomic mass is 10.0. The Hall–Kier alpha value is -4.34. The lowest BCUT2D eigenvalue weighted by Gasteiger charge is -2.09. The predicted octanol–water partition coefficient (Wildman–Crippen LogP) is 6.97. The molecule has 8 heteroatoms. The highest BCUT2D eigenvalue weighted by Crippen LogP contribution is 2.25. The zero-order valence-corrected chi connectivity index (χ0v) is 27.8. The zero-order chi connectivity index (χ0) is 34.1. The number of benzene rings is 4. The van der Waals surface area contributed by atoms with Crippen molar-refractivity contribution in [2.24, 2.45) is 0 Å². The first-order valence-electron chi connectivity index (χ1n) is 16.6. The molecule has 0 fully saturated rings. The van der Waals surface area contributed by atoms with Gasteiger partial charge in [-0.15, -0.1) is 0 Å². The van der Waals surface area contributed by atoms with Crippen molar-refractivity contribution in [3.05, 3.63) is 108 Å². The molecule has 8 nitrogen and oxygen atoms in total. The second-order valence-corrected chi connectivity index (χ2v) is 11.9. The molecule has 2 atom stereocenters. The number of carbonyl (C=O) groups is 2. The summed E-state index contributed by atoms with van der Waals surface area (Å²) in [5, 5.41) is 18.9. The summed E-state index contributed by atoms with van der Waals surface area (Å²) in [4.78, 5) is 24.4. The van der Waals surface area contributed by atoms with Crippen LogP contribution in [-0.2, 0) is 31.9 Å². The highest BCUT2D eigenvalue weighted by atomic mass is 16.6. The number of aliphatic hydroxyl groups is 2. The third kappa shape index (κ3) is 13.0. The molecule has 0 aliphatic carbocycles. The lowest BCUT2D eigenvalue weighted by Crippen LogP contribution is -2.15. The highest BCUT2D eigenvalue weighted by Gasteiger charge is 2.08. The van der Waals surface area contributed by atoms with E-state index < -0.39 is 0 Å². The third-order valence-electron chi connectivity index (χ3n) is 7.72. The van der Waals surface area contributed by atoms with Crippen LogP contribution >= 0.6 is 0 Å². The number of ether oxygens (including phenoxy) is 4. The minimum atomic E-state index is -0.385. The summed E-state index contributed by atoms with van der Waals surface area (Å²) in [6, 6.07) is 31.2. The van der Waals surface area contributed by atoms with Crippen LogP contribution in [0, 0.1) is 0 Å². The summed E-state index contributed by atoms with van der Waals surface area (Å²) in [5.74, 6) is 0.171. The Morgan fingerprint density at radius 1 is 0.500 bits per heavy atom. The number of aryl methyl sites for hydroxylation is 2. The Labute approximate surface area is 283 Å². The molecule has 0 bridgehead atoms. The molecule has 48 heavy (non-hydrogen) atoms. The fraction of sp³-hybridized carbons (Fsp3) is 0.350. The number of carbonyl (C=O) groups excluding carboxylic acids is 2. The third-order valence-corrected chi connectivity index (χ3v) is 7.72. The van der Waals surface area contributed by atoms with Crippen molar-refractivity contribution in [2.45, 2.75) is 64.6 Å². The standard InChI is InChI=1S/C40H46O8/c1-29(41)3-5-31-7-11-33(12-8-31)35-15-19-37(20-16-35)47-39(43)23-25-45-27-28-46-26-24-40(44)48-38-21-17-36(18-22-38)34-13-9-32(10-14-34)6-4-30(2)42/h7-22,29-30,41-42H,3-6,23-28H2,1-2H3. The smallest absolute Gasteiger partial charge is 0.313 e. The molecule has 4 aromatic rings. The molecule has 2 unspecified atom stereocenters. The van der Waals surface area contributed by atoms with E-state index in [1.54, 1.807) is 38.1 Å². The number of aliphatic hydroxyl groups excluding tert-OH is 2. The van der Waals surface area contributed by atoms with Crippen LogP contribution in [0.1, 0.15) is 50.7 Å². The van der Waals surface area contributed by atoms with E-state index in [0.29, 0.717) is 11.5 Å². The number of esters is 2. The Morgan fingerprint density at radius 3 is 1.12 bits per heavy atom. The van der Waals surface area contributed by atoms with E-state index in [-0.39, 0.29) is 63.4 Å². The van der Waals surface area contributed by atoms with Gasteiger partial charge in [-0.2, -0.15) is 0 Å². The number of hydrogen-bond donors (Lipinski definition) is 2. The van der Waals surface area contributed by atoms with Gasteiger partial charge in [0.05, 0.1) is 51.5 Å². The highest BCUT2D eigenvalue weighted by molar-refractivity contribution is 5.74. The summed E-state index contributed by atoms with van der Waals surface area (Å²) >= 11 is 0. The minimum absolute atomic E-state index is 0.107. The average Bonchev–Trinajstić information content (AvgIpc) is 3.09. The molecule has 2 N–H and O–H groups in total. The maximum Gasteiger partial charge on any atom is 0.313 e. The van der Waals surface area contributed by atoms with Crippen molar-refractivity contribution >= 4 is 11.9 Å². The molecule has 0 aromatic heterocycles. The van der Waals surface area contributed by atoms with Crippen molar-refractivity contribution in [3.8, 4) is 33.8 Å². The van der Waals surface area contributed by atoms with E-state index >= 15 is 0 Å². The maximum absolute atomic E-state index is 12.2. The lowest BCUT2D eigenvalue weighted by molar-refractivity contribution is -0.137. The first-order valence-corrected chi connectivity index (χ1v) is 16.6. The summed E-state index contributed by atoms with van der Waals surface area (Å²) in [7, 11) is 0. The Balaban J connectivity index is 1.04. The quantitative estimate of drug-likeness (QED) is 0.0634. The summed E-state index contributed by atoms with van der Waals surface area (Å²) < 4.78 is 21.8. The predicted molar refractivity (Wildman–Crippen MR) is 186 cm³/mol. The molecular formula is C40H46O8. The first-order chi connectivity index (χ1) is 23.2. The van der Waals surface area contributed by atoms with Crippen LogP contribution in [0.15, 0.2) is 97.1 Å². The second-order valence-electron chi connectivity index (χ2n) is 11.9. The Kier molecular flexibility index (Phi) is 14.8. The van der Waals surface area contributed by atoms with Crippen molar-refractivity contribution in [1.29, 1.82) is 0 Å². The van der Waals surface area contributed by atoms with E-state index in [9.17, 15) is 19.8 Å². The SMILES string of the molecule is CC(O)CCc1ccc(-c2ccc(OC(=O)CCOCCOCCC(=O)Oc3ccc(-c4ccc(CCC(C)O)cc4)cc3)cc2)cc1. The molecule has 254 valence electrons. The fourth-order valence-corrected chi connectivity index (χ4v) is 4.91. The van der Waals surface area contributed by atoms with Gasteiger partial charge in [-0.25, -0.2) is 0 Å². The van der Waals surface area contributed by atoms with E-state index in [1.807, 2.05) is 24.3 Å². The summed E-state index contributed by atoms with van der Waals surface area (Å²) in [6.07, 6.45) is 2.74. The van der Waals surface area contributed by atoms with Crippen molar-refractivity contribution in [1.82, 2.24) is 0 Å². The summed E-state index contributed by atoms with van der Waals surface area (Å²) in [6.45, 7) is 4.57. The van der Waals surface area contributed by atoms with Gasteiger partial charge < -0.3 is 29.2 Å². The van der Waals surface area contributed by atoms with Crippen LogP contribution in [-0.4, -0.2) is 60.8 Å². The van der Waals surface area contributed by atoms with Gasteiger partial charge in [0.25, 0.3) is 0 Å². The van der Waals surface area contributed by atoms with E-state index in [2.05, 4.69) is 48.5 Å². The normalized spacial score (nSPS) is 12.3. The van der Waals surface area contributed by atoms with E-state index in [1.165, 1.54) is 11.1 Å². The van der Waals surface area contributed by atoms with E-state index in [4.69, 9.17) is 18.9 Å². The molecule has 0 spiro atoms. The molecule has 0 radical (unpaired) electrons. The largest absolute Gasteiger partial charge is 0.426 e. The second kappa shape index (κ2) is 19.5. The molecule has 0 heterocycles. The van der Waals surface area contributed by atoms with Crippen LogP contribution in [0.5, 0.6) is 11.5 Å². The molecular weight excluding hydrogens is 608 g/mol. The van der Waals surface area contributed by atoms with Crippen LogP contribution in [0.25, 0.3) is 22.3 Å². The van der Waals surface area contributed by atoms with Gasteiger partial charge >= 0.3 is 11.9 Å². The molecule has 4 aromatic carbocycles. The zero-order valence-electron chi connectivity index (χ0n) is 27.8. The van der Waals surface area contributed by atoms with Crippen LogP contribution in [0.3, 0.4) is 0 Å². The molecule has 4 rings (SSSR count). The molecule has 0 amide bonds. The van der Waals surface area contributed by atoms with Gasteiger partial charge in [0, 0.05) is 0 Å². The van der Waals surface area contributed by atoms with Crippen molar-refractivity contribution < 1.29 is 38.7 Å². The van der Waals surface area contributed by atoms with Crippen LogP contribution in [0.4, 0.5) is 0 Å². The maximum atomic E-state index is 12.2. The summed E-state index contributed by atoms with van der Waals surface area (Å²) in [5.41, 5.74) is 6.53. The Morgan fingerprint density at radius 2 is 0.812 bits per heavy atom. The molecule has 0 aliphatic rings. The minimum Gasteiger partial charge on any atom is -0.426 e. The van der Waals surface area contributed by atoms with Crippen LogP contribution < -0.4 is 9.47 Å². The van der Waals surface area contributed by atoms with Crippen molar-refractivity contribution in [3.63, 3.8) is 0 Å². The van der Waals surface area contributed by atoms with Gasteiger partial charge in [0.2, 0.25) is 0 Å². The first kappa shape index (κ1) is 36.5. The van der Waals surface area contributed by atoms with Crippen molar-refractivity contribution in [2.75, 3.05) is 26.4 Å². The molecule has 0 saturated heterocycles. The average molecular weight is 655 g/mol. The topological polar surface area (TPSA) is 112 Å². The van der Waals surface area contributed by atoms with Gasteiger partial charge in [-0.3, -0.25) is 9.59 Å². The van der Waals surface area contributed by atoms with E-state index in [0.717, 1.165) is 47.9 Å².